The van der Waals surface area contributed by atoms with Gasteiger partial charge in [-0.2, -0.15) is 0 Å². The maximum Gasteiger partial charge on any atom is 0.138 e. The van der Waals surface area contributed by atoms with Gasteiger partial charge in [-0.1, -0.05) is 27.7 Å². The number of hydrogen-bond donors (Lipinski definition) is 1. The molecule has 0 aromatic carbocycles. The molecule has 9 unspecified atom stereocenters. The van der Waals surface area contributed by atoms with E-state index in [0.29, 0.717) is 23.5 Å². The SMILES string of the molecule is CC(C)(O)C1CCC(C)(C2CCC(C)(C3CCC4C3(C)CCC3C(C)(C)C(=O)CCC34C)O2)O1. The molecule has 3 saturated carbocycles. The van der Waals surface area contributed by atoms with Crippen molar-refractivity contribution in [1.82, 2.24) is 0 Å². The molecule has 2 aliphatic heterocycles. The van der Waals surface area contributed by atoms with Crippen LogP contribution >= 0.6 is 0 Å². The fraction of sp³-hybridized carbons (Fsp3) is 0.967. The topological polar surface area (TPSA) is 55.8 Å². The van der Waals surface area contributed by atoms with Gasteiger partial charge in [0.25, 0.3) is 0 Å². The highest BCUT2D eigenvalue weighted by Gasteiger charge is 2.67. The minimum absolute atomic E-state index is 0.102. The summed E-state index contributed by atoms with van der Waals surface area (Å²) >= 11 is 0. The third kappa shape index (κ3) is 3.44. The average molecular weight is 475 g/mol. The molecule has 2 saturated heterocycles. The molecule has 5 rings (SSSR count). The number of carbonyl (C=O) groups excluding carboxylic acids is 1. The minimum atomic E-state index is -0.810. The second kappa shape index (κ2) is 7.54. The van der Waals surface area contributed by atoms with Gasteiger partial charge in [-0.15, -0.1) is 0 Å². The summed E-state index contributed by atoms with van der Waals surface area (Å²) in [6.07, 6.45) is 10.7. The van der Waals surface area contributed by atoms with Crippen molar-refractivity contribution in [3.05, 3.63) is 0 Å². The van der Waals surface area contributed by atoms with E-state index in [1.807, 2.05) is 13.8 Å². The highest BCUT2D eigenvalue weighted by atomic mass is 16.6. The van der Waals surface area contributed by atoms with Crippen molar-refractivity contribution >= 4 is 5.78 Å². The van der Waals surface area contributed by atoms with Crippen molar-refractivity contribution < 1.29 is 19.4 Å². The van der Waals surface area contributed by atoms with Crippen molar-refractivity contribution in [2.75, 3.05) is 0 Å². The Balaban J connectivity index is 1.36. The van der Waals surface area contributed by atoms with Crippen LogP contribution in [0.4, 0.5) is 0 Å². The molecule has 0 bridgehead atoms. The average Bonchev–Trinajstić information content (AvgIpc) is 3.41. The molecule has 3 aliphatic carbocycles. The van der Waals surface area contributed by atoms with E-state index < -0.39 is 5.60 Å². The van der Waals surface area contributed by atoms with Gasteiger partial charge in [0, 0.05) is 11.8 Å². The van der Waals surface area contributed by atoms with E-state index in [9.17, 15) is 9.90 Å². The smallest absolute Gasteiger partial charge is 0.138 e. The molecule has 4 heteroatoms. The number of hydrogen-bond acceptors (Lipinski definition) is 4. The van der Waals surface area contributed by atoms with Gasteiger partial charge in [-0.3, -0.25) is 4.79 Å². The minimum Gasteiger partial charge on any atom is -0.388 e. The van der Waals surface area contributed by atoms with Gasteiger partial charge in [0.2, 0.25) is 0 Å². The Labute approximate surface area is 207 Å². The molecular weight excluding hydrogens is 424 g/mol. The van der Waals surface area contributed by atoms with Gasteiger partial charge in [0.15, 0.2) is 0 Å². The molecule has 2 heterocycles. The molecule has 5 fully saturated rings. The third-order valence-corrected chi connectivity index (χ3v) is 12.2. The summed E-state index contributed by atoms with van der Waals surface area (Å²) in [6, 6.07) is 0. The predicted octanol–water partition coefficient (Wildman–Crippen LogP) is 6.47. The van der Waals surface area contributed by atoms with Gasteiger partial charge < -0.3 is 14.6 Å². The molecular formula is C30H50O4. The number of aliphatic hydroxyl groups is 1. The van der Waals surface area contributed by atoms with Crippen LogP contribution in [0.3, 0.4) is 0 Å². The Morgan fingerprint density at radius 3 is 2.00 bits per heavy atom. The number of carbonyl (C=O) groups is 1. The summed E-state index contributed by atoms with van der Waals surface area (Å²) in [4.78, 5) is 12.8. The standard InChI is InChI=1S/C30H50O4/c1-25(2)19-11-15-28(6)20(27(19,5)16-12-22(25)31)9-10-21(28)29(7)17-14-24(34-29)30(8)18-13-23(33-30)26(3,4)32/h19-21,23-24,32H,9-18H2,1-8H3. The lowest BCUT2D eigenvalue weighted by Crippen LogP contribution is -2.58. The van der Waals surface area contributed by atoms with Crippen LogP contribution in [0, 0.1) is 34.0 Å². The molecule has 9 atom stereocenters. The van der Waals surface area contributed by atoms with Crippen LogP contribution in [-0.4, -0.2) is 39.9 Å². The Morgan fingerprint density at radius 2 is 1.35 bits per heavy atom. The first-order valence-corrected chi connectivity index (χ1v) is 14.2. The molecule has 34 heavy (non-hydrogen) atoms. The third-order valence-electron chi connectivity index (χ3n) is 12.2. The number of fused-ring (bicyclic) bond motifs is 3. The van der Waals surface area contributed by atoms with Gasteiger partial charge in [0.05, 0.1) is 29.0 Å². The summed E-state index contributed by atoms with van der Waals surface area (Å²) in [7, 11) is 0. The lowest BCUT2D eigenvalue weighted by molar-refractivity contribution is -0.198. The van der Waals surface area contributed by atoms with E-state index in [0.717, 1.165) is 38.5 Å². The Kier molecular flexibility index (Phi) is 5.59. The summed E-state index contributed by atoms with van der Waals surface area (Å²) in [5, 5.41) is 10.5. The number of ether oxygens (including phenoxy) is 2. The molecule has 0 radical (unpaired) electrons. The van der Waals surface area contributed by atoms with E-state index in [-0.39, 0.29) is 39.7 Å². The molecule has 0 amide bonds. The van der Waals surface area contributed by atoms with Crippen LogP contribution < -0.4 is 0 Å². The predicted molar refractivity (Wildman–Crippen MR) is 134 cm³/mol. The zero-order valence-corrected chi connectivity index (χ0v) is 23.1. The first kappa shape index (κ1) is 25.2. The first-order valence-electron chi connectivity index (χ1n) is 14.2. The first-order chi connectivity index (χ1) is 15.6. The van der Waals surface area contributed by atoms with Crippen LogP contribution in [0.1, 0.15) is 120 Å². The molecule has 0 aromatic rings. The van der Waals surface area contributed by atoms with Crippen LogP contribution in [0.2, 0.25) is 0 Å². The Morgan fingerprint density at radius 1 is 0.735 bits per heavy atom. The molecule has 0 spiro atoms. The maximum atomic E-state index is 12.8. The Bertz CT molecular complexity index is 843. The fourth-order valence-corrected chi connectivity index (χ4v) is 10.3. The van der Waals surface area contributed by atoms with E-state index in [1.54, 1.807) is 0 Å². The molecule has 5 aliphatic rings. The van der Waals surface area contributed by atoms with Crippen LogP contribution in [-0.2, 0) is 14.3 Å². The van der Waals surface area contributed by atoms with E-state index >= 15 is 0 Å². The van der Waals surface area contributed by atoms with Crippen LogP contribution in [0.25, 0.3) is 0 Å². The van der Waals surface area contributed by atoms with Crippen molar-refractivity contribution in [2.24, 2.45) is 34.0 Å². The quantitative estimate of drug-likeness (QED) is 0.509. The fourth-order valence-electron chi connectivity index (χ4n) is 10.3. The van der Waals surface area contributed by atoms with Crippen molar-refractivity contribution in [2.45, 2.75) is 149 Å². The molecule has 194 valence electrons. The van der Waals surface area contributed by atoms with E-state index in [1.165, 1.54) is 25.7 Å². The second-order valence-electron chi connectivity index (χ2n) is 15.0. The number of Topliss-reactive ketones (excluding diaryl/α,β-unsaturated/α-hetero) is 1. The van der Waals surface area contributed by atoms with E-state index in [4.69, 9.17) is 9.47 Å². The van der Waals surface area contributed by atoms with Crippen molar-refractivity contribution in [1.29, 1.82) is 0 Å². The monoisotopic (exact) mass is 474 g/mol. The zero-order chi connectivity index (χ0) is 24.9. The van der Waals surface area contributed by atoms with Gasteiger partial charge >= 0.3 is 0 Å². The lowest BCUT2D eigenvalue weighted by atomic mass is 9.42. The molecule has 4 nitrogen and oxygen atoms in total. The number of ketones is 1. The van der Waals surface area contributed by atoms with Gasteiger partial charge in [-0.25, -0.2) is 0 Å². The largest absolute Gasteiger partial charge is 0.388 e. The van der Waals surface area contributed by atoms with Crippen molar-refractivity contribution in [3.8, 4) is 0 Å². The summed E-state index contributed by atoms with van der Waals surface area (Å²) in [5.74, 6) is 2.22. The molecule has 0 aromatic heterocycles. The lowest BCUT2D eigenvalue weighted by Gasteiger charge is -2.62. The highest BCUT2D eigenvalue weighted by Crippen LogP contribution is 2.71. The highest BCUT2D eigenvalue weighted by molar-refractivity contribution is 5.85. The van der Waals surface area contributed by atoms with Crippen LogP contribution in [0.15, 0.2) is 0 Å². The normalized spacial score (nSPS) is 53.1. The van der Waals surface area contributed by atoms with Crippen LogP contribution in [0.5, 0.6) is 0 Å². The zero-order valence-electron chi connectivity index (χ0n) is 23.1. The second-order valence-corrected chi connectivity index (χ2v) is 15.0. The summed E-state index contributed by atoms with van der Waals surface area (Å²) in [6.45, 7) is 17.9. The molecule has 1 N–H and O–H groups in total. The van der Waals surface area contributed by atoms with Gasteiger partial charge in [0.1, 0.15) is 5.78 Å². The number of rotatable bonds is 3. The Hall–Kier alpha value is -0.450. The maximum absolute atomic E-state index is 12.8. The summed E-state index contributed by atoms with van der Waals surface area (Å²) < 4.78 is 13.6. The van der Waals surface area contributed by atoms with Gasteiger partial charge in [-0.05, 0) is 114 Å². The summed E-state index contributed by atoms with van der Waals surface area (Å²) in [5.41, 5.74) is -0.881. The van der Waals surface area contributed by atoms with Crippen molar-refractivity contribution in [3.63, 3.8) is 0 Å². The van der Waals surface area contributed by atoms with E-state index in [2.05, 4.69) is 41.5 Å².